The van der Waals surface area contributed by atoms with E-state index in [0.29, 0.717) is 0 Å². The van der Waals surface area contributed by atoms with Gasteiger partial charge in [-0.25, -0.2) is 0 Å². The SMILES string of the molecule is C=C(C)[Si](C)(CC)N1CCCC1. The second kappa shape index (κ2) is 3.75. The molecule has 1 rings (SSSR count). The largest absolute Gasteiger partial charge is 0.320 e. The molecule has 0 N–H and O–H groups in total. The van der Waals surface area contributed by atoms with E-state index >= 15 is 0 Å². The van der Waals surface area contributed by atoms with E-state index in [1.807, 2.05) is 0 Å². The molecule has 70 valence electrons. The molecule has 0 amide bonds. The highest BCUT2D eigenvalue weighted by Crippen LogP contribution is 2.26. The van der Waals surface area contributed by atoms with Crippen molar-refractivity contribution in [2.75, 3.05) is 13.1 Å². The van der Waals surface area contributed by atoms with Gasteiger partial charge in [-0.05, 0) is 38.9 Å². The summed E-state index contributed by atoms with van der Waals surface area (Å²) in [7, 11) is -1.23. The van der Waals surface area contributed by atoms with Gasteiger partial charge in [-0.3, -0.25) is 0 Å². The first-order chi connectivity index (χ1) is 5.61. The molecule has 1 heterocycles. The van der Waals surface area contributed by atoms with Crippen molar-refractivity contribution in [1.29, 1.82) is 0 Å². The lowest BCUT2D eigenvalue weighted by molar-refractivity contribution is 0.520. The summed E-state index contributed by atoms with van der Waals surface area (Å²) in [6, 6.07) is 1.32. The van der Waals surface area contributed by atoms with Crippen LogP contribution in [0, 0.1) is 0 Å². The standard InChI is InChI=1S/C10H21NSi/c1-5-12(4,10(2)3)11-8-6-7-9-11/h2,5-9H2,1,3-4H3. The molecule has 1 atom stereocenters. The Balaban J connectivity index is 2.70. The first kappa shape index (κ1) is 10.0. The quantitative estimate of drug-likeness (QED) is 0.608. The first-order valence-corrected chi connectivity index (χ1v) is 7.67. The number of nitrogens with zero attached hydrogens (tertiary/aromatic N) is 1. The van der Waals surface area contributed by atoms with Crippen molar-refractivity contribution in [1.82, 2.24) is 4.57 Å². The summed E-state index contributed by atoms with van der Waals surface area (Å²) >= 11 is 0. The third-order valence-electron chi connectivity index (χ3n) is 3.41. The highest BCUT2D eigenvalue weighted by molar-refractivity contribution is 6.82. The summed E-state index contributed by atoms with van der Waals surface area (Å²) in [5, 5.41) is 1.45. The molecule has 0 aromatic carbocycles. The van der Waals surface area contributed by atoms with Crippen LogP contribution in [0.3, 0.4) is 0 Å². The number of hydrogen-bond donors (Lipinski definition) is 0. The number of rotatable bonds is 3. The Morgan fingerprint density at radius 3 is 2.25 bits per heavy atom. The summed E-state index contributed by atoms with van der Waals surface area (Å²) in [5.74, 6) is 0. The molecule has 1 fully saturated rings. The molecule has 0 radical (unpaired) electrons. The predicted octanol–water partition coefficient (Wildman–Crippen LogP) is 2.79. The minimum Gasteiger partial charge on any atom is -0.320 e. The molecule has 1 nitrogen and oxygen atoms in total. The average molecular weight is 183 g/mol. The van der Waals surface area contributed by atoms with E-state index < -0.39 is 8.24 Å². The van der Waals surface area contributed by atoms with E-state index in [-0.39, 0.29) is 0 Å². The van der Waals surface area contributed by atoms with Crippen LogP contribution in [0.15, 0.2) is 11.8 Å². The molecule has 0 saturated carbocycles. The van der Waals surface area contributed by atoms with Crippen LogP contribution < -0.4 is 0 Å². The second-order valence-electron chi connectivity index (χ2n) is 4.10. The third-order valence-corrected chi connectivity index (χ3v) is 8.47. The van der Waals surface area contributed by atoms with Gasteiger partial charge in [0.25, 0.3) is 0 Å². The van der Waals surface area contributed by atoms with Gasteiger partial charge in [0, 0.05) is 0 Å². The van der Waals surface area contributed by atoms with Crippen LogP contribution >= 0.6 is 0 Å². The maximum atomic E-state index is 4.16. The molecule has 0 spiro atoms. The Labute approximate surface area is 77.5 Å². The van der Waals surface area contributed by atoms with Crippen LogP contribution in [0.2, 0.25) is 12.6 Å². The maximum Gasteiger partial charge on any atom is 0.152 e. The van der Waals surface area contributed by atoms with Gasteiger partial charge in [-0.15, -0.1) is 6.58 Å². The normalized spacial score (nSPS) is 23.9. The molecule has 2 heteroatoms. The van der Waals surface area contributed by atoms with E-state index in [1.165, 1.54) is 37.2 Å². The zero-order valence-electron chi connectivity index (χ0n) is 8.69. The van der Waals surface area contributed by atoms with Gasteiger partial charge in [0.05, 0.1) is 0 Å². The van der Waals surface area contributed by atoms with Gasteiger partial charge < -0.3 is 4.57 Å². The molecular weight excluding hydrogens is 162 g/mol. The molecule has 1 aliphatic heterocycles. The number of allylic oxidation sites excluding steroid dienone is 1. The van der Waals surface area contributed by atoms with Gasteiger partial charge >= 0.3 is 0 Å². The molecule has 0 bridgehead atoms. The Kier molecular flexibility index (Phi) is 3.13. The van der Waals surface area contributed by atoms with Gasteiger partial charge in [-0.1, -0.05) is 18.7 Å². The molecule has 1 saturated heterocycles. The zero-order chi connectivity index (χ0) is 9.19. The predicted molar refractivity (Wildman–Crippen MR) is 57.7 cm³/mol. The fraction of sp³-hybridized carbons (Fsp3) is 0.800. The Morgan fingerprint density at radius 1 is 1.42 bits per heavy atom. The van der Waals surface area contributed by atoms with E-state index in [2.05, 4.69) is 31.5 Å². The van der Waals surface area contributed by atoms with Crippen molar-refractivity contribution < 1.29 is 0 Å². The van der Waals surface area contributed by atoms with Crippen LogP contribution in [0.4, 0.5) is 0 Å². The van der Waals surface area contributed by atoms with Crippen molar-refractivity contribution in [3.8, 4) is 0 Å². The average Bonchev–Trinajstić information content (AvgIpc) is 2.54. The van der Waals surface area contributed by atoms with Crippen molar-refractivity contribution in [2.45, 2.75) is 39.3 Å². The molecule has 0 aromatic heterocycles. The fourth-order valence-electron chi connectivity index (χ4n) is 2.01. The Morgan fingerprint density at radius 2 is 1.92 bits per heavy atom. The molecule has 1 aliphatic rings. The van der Waals surface area contributed by atoms with E-state index in [0.717, 1.165) is 0 Å². The second-order valence-corrected chi connectivity index (χ2v) is 8.84. The van der Waals surface area contributed by atoms with E-state index in [9.17, 15) is 0 Å². The third kappa shape index (κ3) is 1.64. The van der Waals surface area contributed by atoms with Gasteiger partial charge in [0.15, 0.2) is 8.24 Å². The minimum atomic E-state index is -1.23. The summed E-state index contributed by atoms with van der Waals surface area (Å²) in [6.45, 7) is 13.8. The highest BCUT2D eigenvalue weighted by Gasteiger charge is 2.34. The van der Waals surface area contributed by atoms with Gasteiger partial charge in [0.1, 0.15) is 0 Å². The summed E-state index contributed by atoms with van der Waals surface area (Å²) in [4.78, 5) is 0. The molecule has 0 aliphatic carbocycles. The molecule has 12 heavy (non-hydrogen) atoms. The minimum absolute atomic E-state index is 1.23. The van der Waals surface area contributed by atoms with Crippen LogP contribution in [-0.4, -0.2) is 25.9 Å². The van der Waals surface area contributed by atoms with Crippen molar-refractivity contribution >= 4 is 8.24 Å². The lowest BCUT2D eigenvalue weighted by Gasteiger charge is -2.36. The van der Waals surface area contributed by atoms with Gasteiger partial charge in [0.2, 0.25) is 0 Å². The Hall–Kier alpha value is -0.0831. The number of hydrogen-bond acceptors (Lipinski definition) is 1. The van der Waals surface area contributed by atoms with Crippen LogP contribution in [0.25, 0.3) is 0 Å². The monoisotopic (exact) mass is 183 g/mol. The summed E-state index contributed by atoms with van der Waals surface area (Å²) in [5.41, 5.74) is 0. The topological polar surface area (TPSA) is 3.24 Å². The van der Waals surface area contributed by atoms with Crippen molar-refractivity contribution in [2.24, 2.45) is 0 Å². The molecule has 1 unspecified atom stereocenters. The zero-order valence-corrected chi connectivity index (χ0v) is 9.69. The van der Waals surface area contributed by atoms with Gasteiger partial charge in [-0.2, -0.15) is 0 Å². The summed E-state index contributed by atoms with van der Waals surface area (Å²) in [6.07, 6.45) is 2.80. The highest BCUT2D eigenvalue weighted by atomic mass is 28.3. The first-order valence-electron chi connectivity index (χ1n) is 5.02. The summed E-state index contributed by atoms with van der Waals surface area (Å²) < 4.78 is 2.72. The van der Waals surface area contributed by atoms with E-state index in [1.54, 1.807) is 0 Å². The molecule has 0 aromatic rings. The van der Waals surface area contributed by atoms with Crippen LogP contribution in [0.1, 0.15) is 26.7 Å². The maximum absolute atomic E-state index is 4.16. The lowest BCUT2D eigenvalue weighted by atomic mass is 10.4. The van der Waals surface area contributed by atoms with Crippen molar-refractivity contribution in [3.63, 3.8) is 0 Å². The fourth-order valence-corrected chi connectivity index (χ4v) is 4.90. The lowest BCUT2D eigenvalue weighted by Crippen LogP contribution is -2.50. The molecular formula is C10H21NSi. The van der Waals surface area contributed by atoms with E-state index in [4.69, 9.17) is 0 Å². The van der Waals surface area contributed by atoms with Crippen LogP contribution in [-0.2, 0) is 0 Å². The van der Waals surface area contributed by atoms with Crippen molar-refractivity contribution in [3.05, 3.63) is 11.8 Å². The smallest absolute Gasteiger partial charge is 0.152 e. The van der Waals surface area contributed by atoms with Crippen LogP contribution in [0.5, 0.6) is 0 Å². The Bertz CT molecular complexity index is 173.